The van der Waals surface area contributed by atoms with E-state index in [1.165, 1.54) is 21.4 Å². The van der Waals surface area contributed by atoms with Gasteiger partial charge in [-0.25, -0.2) is 4.98 Å². The standard InChI is InChI=1S/C22H26N4S2/c1-4-17-13-27-22(24-17)25-18-7-5-16(6-8-18)9-10-23-21-26-19-11-14(2)15(3)12-20(19)28-21/h5-8,11-12,17H,4,9-10,13H2,1-3H3,(H,23,26)(H,24,25). The Kier molecular flexibility index (Phi) is 5.87. The average molecular weight is 411 g/mol. The minimum atomic E-state index is 0.466. The van der Waals surface area contributed by atoms with Gasteiger partial charge in [-0.1, -0.05) is 42.2 Å². The van der Waals surface area contributed by atoms with E-state index in [2.05, 4.69) is 72.8 Å². The van der Waals surface area contributed by atoms with Crippen LogP contribution < -0.4 is 10.6 Å². The minimum Gasteiger partial charge on any atom is -0.361 e. The SMILES string of the molecule is CCC1CSC(Nc2ccc(CCNc3nc4cc(C)c(C)cc4s3)cc2)=N1. The van der Waals surface area contributed by atoms with Crippen LogP contribution in [0.5, 0.6) is 0 Å². The number of nitrogens with one attached hydrogen (secondary N) is 2. The molecular formula is C22H26N4S2. The van der Waals surface area contributed by atoms with Crippen molar-refractivity contribution in [2.75, 3.05) is 22.9 Å². The van der Waals surface area contributed by atoms with E-state index in [1.54, 1.807) is 11.3 Å². The maximum Gasteiger partial charge on any atom is 0.183 e. The van der Waals surface area contributed by atoms with E-state index in [9.17, 15) is 0 Å². The maximum absolute atomic E-state index is 4.71. The van der Waals surface area contributed by atoms with E-state index in [4.69, 9.17) is 4.98 Å². The number of amidine groups is 1. The average Bonchev–Trinajstić information content (AvgIpc) is 3.30. The number of thiazole rings is 1. The lowest BCUT2D eigenvalue weighted by Crippen LogP contribution is -2.06. The minimum absolute atomic E-state index is 0.466. The molecule has 0 amide bonds. The van der Waals surface area contributed by atoms with E-state index >= 15 is 0 Å². The van der Waals surface area contributed by atoms with Gasteiger partial charge in [0.15, 0.2) is 10.3 Å². The summed E-state index contributed by atoms with van der Waals surface area (Å²) in [5.41, 5.74) is 6.13. The Morgan fingerprint density at radius 2 is 1.89 bits per heavy atom. The number of hydrogen-bond acceptors (Lipinski definition) is 6. The summed E-state index contributed by atoms with van der Waals surface area (Å²) in [5, 5.41) is 8.95. The molecule has 0 bridgehead atoms. The Morgan fingerprint density at radius 1 is 1.11 bits per heavy atom. The van der Waals surface area contributed by atoms with E-state index in [0.717, 1.165) is 46.6 Å². The van der Waals surface area contributed by atoms with Crippen LogP contribution in [0.2, 0.25) is 0 Å². The fourth-order valence-corrected chi connectivity index (χ4v) is 5.19. The van der Waals surface area contributed by atoms with Crippen LogP contribution in [0.1, 0.15) is 30.0 Å². The first-order valence-electron chi connectivity index (χ1n) is 9.79. The first-order valence-corrected chi connectivity index (χ1v) is 11.6. The number of aliphatic imine (C=N–C) groups is 1. The monoisotopic (exact) mass is 410 g/mol. The number of aryl methyl sites for hydroxylation is 2. The van der Waals surface area contributed by atoms with Crippen LogP contribution in [-0.4, -0.2) is 28.5 Å². The van der Waals surface area contributed by atoms with Gasteiger partial charge in [0, 0.05) is 18.0 Å². The molecule has 6 heteroatoms. The van der Waals surface area contributed by atoms with Crippen molar-refractivity contribution in [2.45, 2.75) is 39.7 Å². The van der Waals surface area contributed by atoms with E-state index in [-0.39, 0.29) is 0 Å². The molecule has 1 atom stereocenters. The second-order valence-corrected chi connectivity index (χ2v) is 9.27. The molecular weight excluding hydrogens is 384 g/mol. The smallest absolute Gasteiger partial charge is 0.183 e. The van der Waals surface area contributed by atoms with Crippen molar-refractivity contribution in [1.82, 2.24) is 4.98 Å². The third-order valence-corrected chi connectivity index (χ3v) is 7.09. The van der Waals surface area contributed by atoms with Crippen LogP contribution in [0.4, 0.5) is 10.8 Å². The molecule has 0 fully saturated rings. The summed E-state index contributed by atoms with van der Waals surface area (Å²) in [6.07, 6.45) is 2.08. The molecule has 2 heterocycles. The molecule has 1 aliphatic rings. The van der Waals surface area contributed by atoms with Gasteiger partial charge in [0.1, 0.15) is 0 Å². The molecule has 0 spiro atoms. The van der Waals surface area contributed by atoms with Gasteiger partial charge in [-0.15, -0.1) is 0 Å². The quantitative estimate of drug-likeness (QED) is 0.534. The van der Waals surface area contributed by atoms with Crippen LogP contribution in [0, 0.1) is 13.8 Å². The highest BCUT2D eigenvalue weighted by molar-refractivity contribution is 8.14. The van der Waals surface area contributed by atoms with Crippen LogP contribution >= 0.6 is 23.1 Å². The molecule has 1 aromatic heterocycles. The highest BCUT2D eigenvalue weighted by atomic mass is 32.2. The lowest BCUT2D eigenvalue weighted by molar-refractivity contribution is 0.738. The molecule has 4 rings (SSSR count). The lowest BCUT2D eigenvalue weighted by atomic mass is 10.1. The fourth-order valence-electron chi connectivity index (χ4n) is 3.14. The first-order chi connectivity index (χ1) is 13.6. The second-order valence-electron chi connectivity index (χ2n) is 7.23. The second kappa shape index (κ2) is 8.53. The van der Waals surface area contributed by atoms with Crippen molar-refractivity contribution in [3.63, 3.8) is 0 Å². The first kappa shape index (κ1) is 19.3. The van der Waals surface area contributed by atoms with Gasteiger partial charge >= 0.3 is 0 Å². The third-order valence-electron chi connectivity index (χ3n) is 5.08. The van der Waals surface area contributed by atoms with E-state index in [1.807, 2.05) is 11.8 Å². The number of thioether (sulfide) groups is 1. The molecule has 146 valence electrons. The molecule has 0 aliphatic carbocycles. The molecule has 0 radical (unpaired) electrons. The predicted molar refractivity (Wildman–Crippen MR) is 125 cm³/mol. The predicted octanol–water partition coefficient (Wildman–Crippen LogP) is 5.86. The number of rotatable bonds is 6. The van der Waals surface area contributed by atoms with Gasteiger partial charge in [-0.2, -0.15) is 0 Å². The Morgan fingerprint density at radius 3 is 2.64 bits per heavy atom. The number of aromatic nitrogens is 1. The molecule has 28 heavy (non-hydrogen) atoms. The lowest BCUT2D eigenvalue weighted by Gasteiger charge is -2.07. The summed E-state index contributed by atoms with van der Waals surface area (Å²) >= 11 is 3.54. The van der Waals surface area contributed by atoms with Gasteiger partial charge in [-0.3, -0.25) is 4.99 Å². The summed E-state index contributed by atoms with van der Waals surface area (Å²) < 4.78 is 1.25. The van der Waals surface area contributed by atoms with Crippen LogP contribution in [0.3, 0.4) is 0 Å². The largest absolute Gasteiger partial charge is 0.361 e. The highest BCUT2D eigenvalue weighted by Crippen LogP contribution is 2.28. The van der Waals surface area contributed by atoms with E-state index < -0.39 is 0 Å². The summed E-state index contributed by atoms with van der Waals surface area (Å²) in [7, 11) is 0. The molecule has 0 saturated heterocycles. The number of fused-ring (bicyclic) bond motifs is 1. The Balaban J connectivity index is 1.30. The van der Waals surface area contributed by atoms with Crippen molar-refractivity contribution >= 4 is 49.3 Å². The third kappa shape index (κ3) is 4.50. The van der Waals surface area contributed by atoms with Gasteiger partial charge in [0.05, 0.1) is 16.3 Å². The normalized spacial score (nSPS) is 16.4. The molecule has 4 nitrogen and oxygen atoms in total. The summed E-state index contributed by atoms with van der Waals surface area (Å²) in [6.45, 7) is 7.36. The molecule has 1 unspecified atom stereocenters. The summed E-state index contributed by atoms with van der Waals surface area (Å²) in [4.78, 5) is 9.40. The molecule has 0 saturated carbocycles. The molecule has 2 aromatic carbocycles. The number of anilines is 2. The van der Waals surface area contributed by atoms with Gasteiger partial charge in [0.25, 0.3) is 0 Å². The van der Waals surface area contributed by atoms with Crippen molar-refractivity contribution in [3.8, 4) is 0 Å². The van der Waals surface area contributed by atoms with Gasteiger partial charge < -0.3 is 10.6 Å². The van der Waals surface area contributed by atoms with Crippen molar-refractivity contribution in [1.29, 1.82) is 0 Å². The number of nitrogens with zero attached hydrogens (tertiary/aromatic N) is 2. The number of hydrogen-bond donors (Lipinski definition) is 2. The van der Waals surface area contributed by atoms with Crippen molar-refractivity contribution in [3.05, 3.63) is 53.1 Å². The zero-order valence-electron chi connectivity index (χ0n) is 16.6. The summed E-state index contributed by atoms with van der Waals surface area (Å²) in [6, 6.07) is 13.5. The Hall–Kier alpha value is -2.05. The molecule has 2 N–H and O–H groups in total. The Labute approximate surface area is 174 Å². The zero-order chi connectivity index (χ0) is 19.5. The number of benzene rings is 2. The van der Waals surface area contributed by atoms with Crippen molar-refractivity contribution in [2.24, 2.45) is 4.99 Å². The summed E-state index contributed by atoms with van der Waals surface area (Å²) in [5.74, 6) is 1.09. The van der Waals surface area contributed by atoms with Gasteiger partial charge in [0.2, 0.25) is 0 Å². The zero-order valence-corrected chi connectivity index (χ0v) is 18.2. The maximum atomic E-state index is 4.71. The highest BCUT2D eigenvalue weighted by Gasteiger charge is 2.16. The molecule has 1 aliphatic heterocycles. The van der Waals surface area contributed by atoms with Crippen LogP contribution in [0.15, 0.2) is 41.4 Å². The van der Waals surface area contributed by atoms with Crippen molar-refractivity contribution < 1.29 is 0 Å². The van der Waals surface area contributed by atoms with Gasteiger partial charge in [-0.05, 0) is 67.6 Å². The topological polar surface area (TPSA) is 49.3 Å². The Bertz CT molecular complexity index is 953. The van der Waals surface area contributed by atoms with E-state index in [0.29, 0.717) is 6.04 Å². The van der Waals surface area contributed by atoms with Crippen LogP contribution in [-0.2, 0) is 6.42 Å². The molecule has 3 aromatic rings. The van der Waals surface area contributed by atoms with Crippen LogP contribution in [0.25, 0.3) is 10.2 Å². The fraction of sp³-hybridized carbons (Fsp3) is 0.364.